The van der Waals surface area contributed by atoms with E-state index in [1.807, 2.05) is 38.1 Å². The van der Waals surface area contributed by atoms with E-state index in [0.717, 1.165) is 9.13 Å². The number of amides is 1. The van der Waals surface area contributed by atoms with Crippen LogP contribution >= 0.6 is 22.6 Å². The fraction of sp³-hybridized carbons (Fsp3) is 0.333. The maximum absolute atomic E-state index is 11.0. The summed E-state index contributed by atoms with van der Waals surface area (Å²) < 4.78 is 1.14. The lowest BCUT2D eigenvalue weighted by Gasteiger charge is -2.25. The van der Waals surface area contributed by atoms with Crippen molar-refractivity contribution < 1.29 is 14.7 Å². The van der Waals surface area contributed by atoms with Crippen LogP contribution in [0.1, 0.15) is 19.4 Å². The Hall–Kier alpha value is -1.11. The molecule has 0 bridgehead atoms. The third-order valence-corrected chi connectivity index (χ3v) is 3.23. The zero-order valence-corrected chi connectivity index (χ0v) is 11.8. The molecule has 2 N–H and O–H groups in total. The normalized spacial score (nSPS) is 11.0. The van der Waals surface area contributed by atoms with Crippen LogP contribution in [0.15, 0.2) is 24.3 Å². The van der Waals surface area contributed by atoms with Crippen molar-refractivity contribution in [3.63, 3.8) is 0 Å². The van der Waals surface area contributed by atoms with Crippen molar-refractivity contribution in [1.29, 1.82) is 0 Å². The van der Waals surface area contributed by atoms with Crippen LogP contribution in [-0.4, -0.2) is 23.5 Å². The first kappa shape index (κ1) is 14.0. The van der Waals surface area contributed by atoms with Gasteiger partial charge < -0.3 is 10.4 Å². The molecular formula is C12H14INO3. The molecule has 1 aromatic carbocycles. The Morgan fingerprint density at radius 3 is 2.29 bits per heavy atom. The summed E-state index contributed by atoms with van der Waals surface area (Å²) in [5, 5.41) is 10.9. The third-order valence-electron chi connectivity index (χ3n) is 2.51. The SMILES string of the molecule is CC(C)(CNC(=O)C(=O)O)c1ccc(I)cc1. The Balaban J connectivity index is 2.71. The highest BCUT2D eigenvalue weighted by Gasteiger charge is 2.22. The van der Waals surface area contributed by atoms with Gasteiger partial charge in [0.15, 0.2) is 0 Å². The largest absolute Gasteiger partial charge is 0.474 e. The van der Waals surface area contributed by atoms with E-state index in [1.54, 1.807) is 0 Å². The van der Waals surface area contributed by atoms with Crippen LogP contribution in [0.3, 0.4) is 0 Å². The van der Waals surface area contributed by atoms with Gasteiger partial charge in [-0.2, -0.15) is 0 Å². The van der Waals surface area contributed by atoms with Gasteiger partial charge in [-0.3, -0.25) is 4.79 Å². The summed E-state index contributed by atoms with van der Waals surface area (Å²) in [4.78, 5) is 21.3. The number of aliphatic carboxylic acids is 1. The highest BCUT2D eigenvalue weighted by Crippen LogP contribution is 2.22. The molecule has 0 aromatic heterocycles. The summed E-state index contributed by atoms with van der Waals surface area (Å²) in [5.74, 6) is -2.42. The first-order valence-electron chi connectivity index (χ1n) is 5.10. The molecule has 5 heteroatoms. The smallest absolute Gasteiger partial charge is 0.394 e. The number of nitrogens with one attached hydrogen (secondary N) is 1. The number of carbonyl (C=O) groups excluding carboxylic acids is 1. The van der Waals surface area contributed by atoms with E-state index < -0.39 is 11.9 Å². The monoisotopic (exact) mass is 347 g/mol. The molecule has 0 heterocycles. The second-order valence-electron chi connectivity index (χ2n) is 4.38. The van der Waals surface area contributed by atoms with Gasteiger partial charge in [0.05, 0.1) is 0 Å². The van der Waals surface area contributed by atoms with E-state index in [-0.39, 0.29) is 5.41 Å². The molecule has 1 rings (SSSR count). The molecule has 0 aliphatic heterocycles. The Bertz CT molecular complexity index is 426. The van der Waals surface area contributed by atoms with Crippen LogP contribution in [0.25, 0.3) is 0 Å². The molecule has 0 radical (unpaired) electrons. The topological polar surface area (TPSA) is 66.4 Å². The minimum Gasteiger partial charge on any atom is -0.474 e. The number of carbonyl (C=O) groups is 2. The molecule has 0 fully saturated rings. The van der Waals surface area contributed by atoms with Gasteiger partial charge in [0.25, 0.3) is 0 Å². The number of carboxylic acids is 1. The maximum Gasteiger partial charge on any atom is 0.394 e. The molecule has 4 nitrogen and oxygen atoms in total. The van der Waals surface area contributed by atoms with Gasteiger partial charge in [-0.1, -0.05) is 26.0 Å². The minimum absolute atomic E-state index is 0.290. The van der Waals surface area contributed by atoms with E-state index in [4.69, 9.17) is 5.11 Å². The summed E-state index contributed by atoms with van der Waals surface area (Å²) in [7, 11) is 0. The Labute approximate surface area is 114 Å². The van der Waals surface area contributed by atoms with Crippen LogP contribution in [0.4, 0.5) is 0 Å². The van der Waals surface area contributed by atoms with Crippen molar-refractivity contribution in [3.8, 4) is 0 Å². The minimum atomic E-state index is -1.46. The second-order valence-corrected chi connectivity index (χ2v) is 5.62. The van der Waals surface area contributed by atoms with Gasteiger partial charge >= 0.3 is 11.9 Å². The van der Waals surface area contributed by atoms with Gasteiger partial charge in [-0.25, -0.2) is 4.79 Å². The highest BCUT2D eigenvalue weighted by molar-refractivity contribution is 14.1. The summed E-state index contributed by atoms with van der Waals surface area (Å²) in [5.41, 5.74) is 0.763. The van der Waals surface area contributed by atoms with Gasteiger partial charge in [-0.05, 0) is 40.3 Å². The summed E-state index contributed by atoms with van der Waals surface area (Å²) in [6.07, 6.45) is 0. The lowest BCUT2D eigenvalue weighted by molar-refractivity contribution is -0.150. The standard InChI is InChI=1S/C12H14INO3/c1-12(2,7-14-10(15)11(16)17)8-3-5-9(13)6-4-8/h3-6H,7H2,1-2H3,(H,14,15)(H,16,17). The van der Waals surface area contributed by atoms with Gasteiger partial charge in [-0.15, -0.1) is 0 Å². The van der Waals surface area contributed by atoms with Crippen molar-refractivity contribution in [2.75, 3.05) is 6.54 Å². The summed E-state index contributed by atoms with van der Waals surface area (Å²) in [6.45, 7) is 4.20. The zero-order valence-electron chi connectivity index (χ0n) is 9.66. The zero-order chi connectivity index (χ0) is 13.1. The molecule has 0 unspecified atom stereocenters. The summed E-state index contributed by atoms with van der Waals surface area (Å²) >= 11 is 2.22. The predicted molar refractivity (Wildman–Crippen MR) is 72.8 cm³/mol. The van der Waals surface area contributed by atoms with Crippen molar-refractivity contribution in [1.82, 2.24) is 5.32 Å². The Morgan fingerprint density at radius 1 is 1.29 bits per heavy atom. The molecule has 0 atom stereocenters. The number of carboxylic acid groups (broad SMARTS) is 1. The molecular weight excluding hydrogens is 333 g/mol. The number of hydrogen-bond donors (Lipinski definition) is 2. The first-order chi connectivity index (χ1) is 7.83. The fourth-order valence-electron chi connectivity index (χ4n) is 1.38. The Kier molecular flexibility index (Phi) is 4.50. The van der Waals surface area contributed by atoms with E-state index in [1.165, 1.54) is 0 Å². The van der Waals surface area contributed by atoms with Crippen LogP contribution < -0.4 is 5.32 Å². The van der Waals surface area contributed by atoms with Crippen LogP contribution in [0.2, 0.25) is 0 Å². The summed E-state index contributed by atoms with van der Waals surface area (Å²) in [6, 6.07) is 7.93. The molecule has 1 aromatic rings. The lowest BCUT2D eigenvalue weighted by Crippen LogP contribution is -2.39. The number of hydrogen-bond acceptors (Lipinski definition) is 2. The van der Waals surface area contributed by atoms with Crippen molar-refractivity contribution >= 4 is 34.5 Å². The molecule has 0 aliphatic carbocycles. The fourth-order valence-corrected chi connectivity index (χ4v) is 1.74. The predicted octanol–water partition coefficient (Wildman–Crippen LogP) is 1.77. The first-order valence-corrected chi connectivity index (χ1v) is 6.18. The molecule has 0 spiro atoms. The molecule has 92 valence electrons. The van der Waals surface area contributed by atoms with Gasteiger partial charge in [0.2, 0.25) is 0 Å². The van der Waals surface area contributed by atoms with Crippen molar-refractivity contribution in [2.24, 2.45) is 0 Å². The van der Waals surface area contributed by atoms with Crippen LogP contribution in [0, 0.1) is 3.57 Å². The third kappa shape index (κ3) is 3.99. The lowest BCUT2D eigenvalue weighted by atomic mass is 9.84. The molecule has 0 saturated carbocycles. The Morgan fingerprint density at radius 2 is 1.82 bits per heavy atom. The highest BCUT2D eigenvalue weighted by atomic mass is 127. The van der Waals surface area contributed by atoms with Crippen molar-refractivity contribution in [3.05, 3.63) is 33.4 Å². The van der Waals surface area contributed by atoms with E-state index in [9.17, 15) is 9.59 Å². The molecule has 0 aliphatic rings. The average molecular weight is 347 g/mol. The van der Waals surface area contributed by atoms with E-state index >= 15 is 0 Å². The average Bonchev–Trinajstić information content (AvgIpc) is 2.26. The maximum atomic E-state index is 11.0. The second kappa shape index (κ2) is 5.48. The number of benzene rings is 1. The number of halogens is 1. The van der Waals surface area contributed by atoms with Gasteiger partial charge in [0, 0.05) is 15.5 Å². The van der Waals surface area contributed by atoms with Gasteiger partial charge in [0.1, 0.15) is 0 Å². The van der Waals surface area contributed by atoms with E-state index in [2.05, 4.69) is 27.9 Å². The molecule has 17 heavy (non-hydrogen) atoms. The van der Waals surface area contributed by atoms with Crippen LogP contribution in [-0.2, 0) is 15.0 Å². The van der Waals surface area contributed by atoms with E-state index in [0.29, 0.717) is 6.54 Å². The quantitative estimate of drug-likeness (QED) is 0.647. The van der Waals surface area contributed by atoms with Crippen LogP contribution in [0.5, 0.6) is 0 Å². The number of rotatable bonds is 3. The van der Waals surface area contributed by atoms with Crippen molar-refractivity contribution in [2.45, 2.75) is 19.3 Å². The molecule has 1 amide bonds. The molecule has 0 saturated heterocycles.